The predicted molar refractivity (Wildman–Crippen MR) is 43.5 cm³/mol. The summed E-state index contributed by atoms with van der Waals surface area (Å²) >= 11 is 0. The molecule has 68 valence electrons. The molecule has 1 aromatic heterocycles. The van der Waals surface area contributed by atoms with Crippen LogP contribution in [0.4, 0.5) is 0 Å². The number of nitrogens with one attached hydrogen (secondary N) is 1. The Hall–Kier alpha value is -0.970. The van der Waals surface area contributed by atoms with E-state index in [1.165, 1.54) is 0 Å². The molecule has 0 radical (unpaired) electrons. The van der Waals surface area contributed by atoms with Gasteiger partial charge in [-0.1, -0.05) is 12.1 Å². The average Bonchev–Trinajstić information content (AvgIpc) is 2.53. The molecule has 1 unspecified atom stereocenters. The zero-order valence-electron chi connectivity index (χ0n) is 7.45. The van der Waals surface area contributed by atoms with Gasteiger partial charge in [0, 0.05) is 19.6 Å². The van der Waals surface area contributed by atoms with Crippen LogP contribution < -0.4 is 0 Å². The molecule has 5 heteroatoms. The topological polar surface area (TPSA) is 63.7 Å². The van der Waals surface area contributed by atoms with Crippen molar-refractivity contribution in [2.24, 2.45) is 5.92 Å². The van der Waals surface area contributed by atoms with Crippen molar-refractivity contribution in [3.63, 3.8) is 0 Å². The second kappa shape index (κ2) is 4.82. The van der Waals surface area contributed by atoms with Crippen LogP contribution in [0.2, 0.25) is 0 Å². The molecule has 0 saturated carbocycles. The SMILES string of the molecule is CCOCC(C)Cc1nn[nH]n1. The molecule has 12 heavy (non-hydrogen) atoms. The van der Waals surface area contributed by atoms with Gasteiger partial charge in [-0.3, -0.25) is 0 Å². The number of aromatic amines is 1. The smallest absolute Gasteiger partial charge is 0.174 e. The molecule has 5 nitrogen and oxygen atoms in total. The van der Waals surface area contributed by atoms with Gasteiger partial charge in [-0.2, -0.15) is 5.21 Å². The van der Waals surface area contributed by atoms with Crippen molar-refractivity contribution in [3.8, 4) is 0 Å². The highest BCUT2D eigenvalue weighted by Crippen LogP contribution is 2.02. The van der Waals surface area contributed by atoms with Crippen LogP contribution >= 0.6 is 0 Å². The van der Waals surface area contributed by atoms with E-state index in [4.69, 9.17) is 4.74 Å². The van der Waals surface area contributed by atoms with Crippen LogP contribution in [-0.4, -0.2) is 33.8 Å². The zero-order chi connectivity index (χ0) is 8.81. The monoisotopic (exact) mass is 170 g/mol. The fourth-order valence-corrected chi connectivity index (χ4v) is 0.959. The summed E-state index contributed by atoms with van der Waals surface area (Å²) < 4.78 is 5.26. The van der Waals surface area contributed by atoms with E-state index in [9.17, 15) is 0 Å². The van der Waals surface area contributed by atoms with Gasteiger partial charge in [0.05, 0.1) is 0 Å². The highest BCUT2D eigenvalue weighted by molar-refractivity contribution is 4.78. The molecule has 0 aliphatic heterocycles. The van der Waals surface area contributed by atoms with Gasteiger partial charge >= 0.3 is 0 Å². The summed E-state index contributed by atoms with van der Waals surface area (Å²) in [4.78, 5) is 0. The molecule has 0 bridgehead atoms. The third-order valence-electron chi connectivity index (χ3n) is 1.53. The van der Waals surface area contributed by atoms with Crippen molar-refractivity contribution < 1.29 is 4.74 Å². The van der Waals surface area contributed by atoms with Gasteiger partial charge in [0.15, 0.2) is 5.82 Å². The van der Waals surface area contributed by atoms with Crippen molar-refractivity contribution in [2.75, 3.05) is 13.2 Å². The highest BCUT2D eigenvalue weighted by atomic mass is 16.5. The molecule has 1 N–H and O–H groups in total. The molecule has 0 amide bonds. The first-order valence-electron chi connectivity index (χ1n) is 4.13. The molecule has 0 saturated heterocycles. The van der Waals surface area contributed by atoms with Gasteiger partial charge in [0.2, 0.25) is 0 Å². The molecule has 0 aromatic carbocycles. The summed E-state index contributed by atoms with van der Waals surface area (Å²) in [5.74, 6) is 1.20. The van der Waals surface area contributed by atoms with E-state index in [1.54, 1.807) is 0 Å². The van der Waals surface area contributed by atoms with Crippen molar-refractivity contribution >= 4 is 0 Å². The first kappa shape index (κ1) is 9.12. The van der Waals surface area contributed by atoms with Crippen molar-refractivity contribution in [3.05, 3.63) is 5.82 Å². The summed E-state index contributed by atoms with van der Waals surface area (Å²) in [5.41, 5.74) is 0. The number of nitrogens with zero attached hydrogens (tertiary/aromatic N) is 3. The van der Waals surface area contributed by atoms with Crippen molar-refractivity contribution in [2.45, 2.75) is 20.3 Å². The van der Waals surface area contributed by atoms with Crippen molar-refractivity contribution in [1.29, 1.82) is 0 Å². The van der Waals surface area contributed by atoms with Crippen LogP contribution in [0.5, 0.6) is 0 Å². The minimum Gasteiger partial charge on any atom is -0.381 e. The minimum absolute atomic E-state index is 0.447. The number of aromatic nitrogens is 4. The van der Waals surface area contributed by atoms with Gasteiger partial charge in [0.1, 0.15) is 0 Å². The molecule has 1 rings (SSSR count). The summed E-state index contributed by atoms with van der Waals surface area (Å²) in [5, 5.41) is 13.6. The Balaban J connectivity index is 2.22. The Labute approximate surface area is 71.5 Å². The maximum absolute atomic E-state index is 5.26. The van der Waals surface area contributed by atoms with E-state index < -0.39 is 0 Å². The fourth-order valence-electron chi connectivity index (χ4n) is 0.959. The van der Waals surface area contributed by atoms with Gasteiger partial charge in [-0.15, -0.1) is 10.2 Å². The van der Waals surface area contributed by atoms with E-state index >= 15 is 0 Å². The van der Waals surface area contributed by atoms with Gasteiger partial charge in [-0.25, -0.2) is 0 Å². The average molecular weight is 170 g/mol. The van der Waals surface area contributed by atoms with E-state index in [-0.39, 0.29) is 0 Å². The minimum atomic E-state index is 0.447. The number of hydrogen-bond donors (Lipinski definition) is 1. The van der Waals surface area contributed by atoms with Gasteiger partial charge in [0.25, 0.3) is 0 Å². The van der Waals surface area contributed by atoms with Crippen LogP contribution in [0.1, 0.15) is 19.7 Å². The largest absolute Gasteiger partial charge is 0.381 e. The quantitative estimate of drug-likeness (QED) is 0.695. The normalized spacial score (nSPS) is 13.2. The first-order valence-corrected chi connectivity index (χ1v) is 4.13. The molecule has 0 aliphatic rings. The standard InChI is InChI=1S/C7H14N4O/c1-3-12-5-6(2)4-7-8-10-11-9-7/h6H,3-5H2,1-2H3,(H,8,9,10,11). The molecular formula is C7H14N4O. The fraction of sp³-hybridized carbons (Fsp3) is 0.857. The van der Waals surface area contributed by atoms with Crippen LogP contribution in [0, 0.1) is 5.92 Å². The zero-order valence-corrected chi connectivity index (χ0v) is 7.45. The number of ether oxygens (including phenoxy) is 1. The Bertz CT molecular complexity index is 199. The second-order valence-corrected chi connectivity index (χ2v) is 2.80. The third kappa shape index (κ3) is 2.96. The Morgan fingerprint density at radius 2 is 2.42 bits per heavy atom. The maximum atomic E-state index is 5.26. The summed E-state index contributed by atoms with van der Waals surface area (Å²) in [6.45, 7) is 5.61. The van der Waals surface area contributed by atoms with Crippen LogP contribution in [-0.2, 0) is 11.2 Å². The molecule has 0 spiro atoms. The number of hydrogen-bond acceptors (Lipinski definition) is 4. The number of rotatable bonds is 5. The van der Waals surface area contributed by atoms with E-state index in [1.807, 2.05) is 6.92 Å². The maximum Gasteiger partial charge on any atom is 0.174 e. The molecular weight excluding hydrogens is 156 g/mol. The van der Waals surface area contributed by atoms with Gasteiger partial charge < -0.3 is 4.74 Å². The van der Waals surface area contributed by atoms with Crippen molar-refractivity contribution in [1.82, 2.24) is 20.6 Å². The molecule has 0 aliphatic carbocycles. The summed E-state index contributed by atoms with van der Waals surface area (Å²) in [6, 6.07) is 0. The number of H-pyrrole nitrogens is 1. The molecule has 0 fully saturated rings. The lowest BCUT2D eigenvalue weighted by atomic mass is 10.1. The van der Waals surface area contributed by atoms with Gasteiger partial charge in [-0.05, 0) is 12.8 Å². The Kier molecular flexibility index (Phi) is 3.66. The van der Waals surface area contributed by atoms with Crippen LogP contribution in [0.15, 0.2) is 0 Å². The molecule has 1 atom stereocenters. The number of tetrazole rings is 1. The molecule has 1 heterocycles. The molecule has 1 aromatic rings. The Morgan fingerprint density at radius 1 is 1.58 bits per heavy atom. The van der Waals surface area contributed by atoms with Crippen LogP contribution in [0.3, 0.4) is 0 Å². The first-order chi connectivity index (χ1) is 5.83. The van der Waals surface area contributed by atoms with E-state index in [0.717, 1.165) is 25.5 Å². The lowest BCUT2D eigenvalue weighted by Crippen LogP contribution is -2.09. The highest BCUT2D eigenvalue weighted by Gasteiger charge is 2.06. The second-order valence-electron chi connectivity index (χ2n) is 2.80. The van der Waals surface area contributed by atoms with E-state index in [0.29, 0.717) is 5.92 Å². The lowest BCUT2D eigenvalue weighted by molar-refractivity contribution is 0.115. The summed E-state index contributed by atoms with van der Waals surface area (Å²) in [7, 11) is 0. The Morgan fingerprint density at radius 3 is 3.00 bits per heavy atom. The van der Waals surface area contributed by atoms with E-state index in [2.05, 4.69) is 27.5 Å². The predicted octanol–water partition coefficient (Wildman–Crippen LogP) is 0.415. The van der Waals surface area contributed by atoms with Crippen LogP contribution in [0.25, 0.3) is 0 Å². The lowest BCUT2D eigenvalue weighted by Gasteiger charge is -2.07. The summed E-state index contributed by atoms with van der Waals surface area (Å²) in [6.07, 6.45) is 0.816. The third-order valence-corrected chi connectivity index (χ3v) is 1.53.